The first-order valence-corrected chi connectivity index (χ1v) is 5.50. The fourth-order valence-electron chi connectivity index (χ4n) is 1.80. The highest BCUT2D eigenvalue weighted by Crippen LogP contribution is 2.25. The molecule has 1 aliphatic heterocycles. The molecule has 6 heteroatoms. The molecule has 0 N–H and O–H groups in total. The van der Waals surface area contributed by atoms with Crippen LogP contribution in [0.25, 0.3) is 0 Å². The number of rotatable bonds is 2. The van der Waals surface area contributed by atoms with E-state index in [1.807, 2.05) is 0 Å². The number of pyridine rings is 1. The van der Waals surface area contributed by atoms with Gasteiger partial charge >= 0.3 is 5.97 Å². The number of carbonyl (C=O) groups is 2. The summed E-state index contributed by atoms with van der Waals surface area (Å²) >= 11 is 5.76. The molecule has 2 heterocycles. The highest BCUT2D eigenvalue weighted by molar-refractivity contribution is 6.29. The smallest absolute Gasteiger partial charge is 0.311 e. The Kier molecular flexibility index (Phi) is 3.28. The van der Waals surface area contributed by atoms with Crippen molar-refractivity contribution in [1.29, 1.82) is 0 Å². The van der Waals surface area contributed by atoms with Gasteiger partial charge in [0.05, 0.1) is 13.0 Å². The van der Waals surface area contributed by atoms with Crippen LogP contribution < -0.4 is 4.90 Å². The number of ether oxygens (including phenoxy) is 1. The monoisotopic (exact) mass is 254 g/mol. The van der Waals surface area contributed by atoms with Crippen LogP contribution in [0.15, 0.2) is 18.2 Å². The second-order valence-electron chi connectivity index (χ2n) is 3.75. The third kappa shape index (κ3) is 2.39. The van der Waals surface area contributed by atoms with Crippen LogP contribution in [0.3, 0.4) is 0 Å². The van der Waals surface area contributed by atoms with E-state index < -0.39 is 5.92 Å². The molecule has 1 aromatic heterocycles. The first-order chi connectivity index (χ1) is 8.11. The van der Waals surface area contributed by atoms with E-state index in [9.17, 15) is 9.59 Å². The van der Waals surface area contributed by atoms with Gasteiger partial charge < -0.3 is 4.74 Å². The lowest BCUT2D eigenvalue weighted by Crippen LogP contribution is -2.26. The maximum atomic E-state index is 11.8. The third-order valence-corrected chi connectivity index (χ3v) is 2.85. The molecule has 0 bridgehead atoms. The van der Waals surface area contributed by atoms with Gasteiger partial charge in [0.2, 0.25) is 5.91 Å². The Labute approximate surface area is 103 Å². The number of nitrogens with zero attached hydrogens (tertiary/aromatic N) is 2. The fourth-order valence-corrected chi connectivity index (χ4v) is 1.96. The van der Waals surface area contributed by atoms with E-state index in [-0.39, 0.29) is 18.3 Å². The van der Waals surface area contributed by atoms with Gasteiger partial charge in [-0.2, -0.15) is 0 Å². The number of anilines is 1. The van der Waals surface area contributed by atoms with Crippen molar-refractivity contribution in [3.8, 4) is 0 Å². The molecule has 1 saturated heterocycles. The summed E-state index contributed by atoms with van der Waals surface area (Å²) in [5.74, 6) is -0.472. The van der Waals surface area contributed by atoms with Gasteiger partial charge in [0.1, 0.15) is 11.0 Å². The topological polar surface area (TPSA) is 59.5 Å². The van der Waals surface area contributed by atoms with Crippen LogP contribution in [0, 0.1) is 5.92 Å². The first-order valence-electron chi connectivity index (χ1n) is 5.12. The quantitative estimate of drug-likeness (QED) is 0.589. The molecule has 0 aliphatic carbocycles. The van der Waals surface area contributed by atoms with Crippen molar-refractivity contribution in [2.24, 2.45) is 5.92 Å². The molecule has 90 valence electrons. The van der Waals surface area contributed by atoms with Gasteiger partial charge in [0.25, 0.3) is 0 Å². The molecule has 0 aromatic carbocycles. The second-order valence-corrected chi connectivity index (χ2v) is 4.13. The van der Waals surface area contributed by atoms with E-state index in [0.29, 0.717) is 17.5 Å². The standard InChI is InChI=1S/C11H11ClN2O3/c1-17-11(16)7-5-10(15)14(6-7)9-4-2-3-8(12)13-9/h2-4,7H,5-6H2,1H3. The Morgan fingerprint density at radius 1 is 1.59 bits per heavy atom. The summed E-state index contributed by atoms with van der Waals surface area (Å²) in [6.07, 6.45) is 0.154. The van der Waals surface area contributed by atoms with Crippen molar-refractivity contribution in [3.05, 3.63) is 23.4 Å². The summed E-state index contributed by atoms with van der Waals surface area (Å²) in [5.41, 5.74) is 0. The fraction of sp³-hybridized carbons (Fsp3) is 0.364. The normalized spacial score (nSPS) is 19.5. The van der Waals surface area contributed by atoms with Gasteiger partial charge in [-0.1, -0.05) is 17.7 Å². The molecule has 0 radical (unpaired) electrons. The van der Waals surface area contributed by atoms with Gasteiger partial charge in [0.15, 0.2) is 0 Å². The van der Waals surface area contributed by atoms with Gasteiger partial charge in [0, 0.05) is 13.0 Å². The highest BCUT2D eigenvalue weighted by Gasteiger charge is 2.36. The molecule has 1 atom stereocenters. The summed E-state index contributed by atoms with van der Waals surface area (Å²) in [7, 11) is 1.31. The van der Waals surface area contributed by atoms with Crippen molar-refractivity contribution >= 4 is 29.3 Å². The van der Waals surface area contributed by atoms with E-state index >= 15 is 0 Å². The zero-order valence-corrected chi connectivity index (χ0v) is 9.98. The molecule has 0 spiro atoms. The predicted molar refractivity (Wildman–Crippen MR) is 61.7 cm³/mol. The van der Waals surface area contributed by atoms with Crippen molar-refractivity contribution in [3.63, 3.8) is 0 Å². The number of hydrogen-bond donors (Lipinski definition) is 0. The molecule has 2 rings (SSSR count). The zero-order valence-electron chi connectivity index (χ0n) is 9.22. The van der Waals surface area contributed by atoms with E-state index in [0.717, 1.165) is 0 Å². The molecular formula is C11H11ClN2O3. The number of carbonyl (C=O) groups excluding carboxylic acids is 2. The summed E-state index contributed by atoms with van der Waals surface area (Å²) in [4.78, 5) is 28.6. The lowest BCUT2D eigenvalue weighted by molar-refractivity contribution is -0.145. The number of esters is 1. The number of methoxy groups -OCH3 is 1. The molecule has 1 aliphatic rings. The van der Waals surface area contributed by atoms with Gasteiger partial charge in [-0.15, -0.1) is 0 Å². The van der Waals surface area contributed by atoms with Gasteiger partial charge in [-0.3, -0.25) is 14.5 Å². The average Bonchev–Trinajstić information content (AvgIpc) is 2.70. The van der Waals surface area contributed by atoms with E-state index in [4.69, 9.17) is 11.6 Å². The molecule has 1 unspecified atom stereocenters. The van der Waals surface area contributed by atoms with Crippen LogP contribution >= 0.6 is 11.6 Å². The molecule has 0 saturated carbocycles. The SMILES string of the molecule is COC(=O)C1CC(=O)N(c2cccc(Cl)n2)C1. The minimum atomic E-state index is -0.423. The van der Waals surface area contributed by atoms with Crippen LogP contribution in [0.4, 0.5) is 5.82 Å². The van der Waals surface area contributed by atoms with Crippen molar-refractivity contribution in [2.45, 2.75) is 6.42 Å². The Hall–Kier alpha value is -1.62. The lowest BCUT2D eigenvalue weighted by atomic mass is 10.1. The average molecular weight is 255 g/mol. The predicted octanol–water partition coefficient (Wildman–Crippen LogP) is 1.26. The minimum Gasteiger partial charge on any atom is -0.469 e. The summed E-state index contributed by atoms with van der Waals surface area (Å²) in [5, 5.41) is 0.316. The molecule has 5 nitrogen and oxygen atoms in total. The van der Waals surface area contributed by atoms with Crippen LogP contribution in [0.1, 0.15) is 6.42 Å². The summed E-state index contributed by atoms with van der Waals surface area (Å²) in [6.45, 7) is 0.291. The van der Waals surface area contributed by atoms with E-state index in [2.05, 4.69) is 9.72 Å². The highest BCUT2D eigenvalue weighted by atomic mass is 35.5. The van der Waals surface area contributed by atoms with Crippen molar-refractivity contribution < 1.29 is 14.3 Å². The lowest BCUT2D eigenvalue weighted by Gasteiger charge is -2.14. The Morgan fingerprint density at radius 3 is 3.00 bits per heavy atom. The molecule has 1 amide bonds. The maximum absolute atomic E-state index is 11.8. The van der Waals surface area contributed by atoms with E-state index in [1.54, 1.807) is 18.2 Å². The van der Waals surface area contributed by atoms with Crippen LogP contribution in [0.2, 0.25) is 5.15 Å². The number of halogens is 1. The largest absolute Gasteiger partial charge is 0.469 e. The van der Waals surface area contributed by atoms with E-state index in [1.165, 1.54) is 12.0 Å². The minimum absolute atomic E-state index is 0.143. The Morgan fingerprint density at radius 2 is 2.35 bits per heavy atom. The van der Waals surface area contributed by atoms with Crippen LogP contribution in [0.5, 0.6) is 0 Å². The Balaban J connectivity index is 2.18. The third-order valence-electron chi connectivity index (χ3n) is 2.64. The Bertz CT molecular complexity index is 464. The van der Waals surface area contributed by atoms with Crippen molar-refractivity contribution in [1.82, 2.24) is 4.98 Å². The van der Waals surface area contributed by atoms with Crippen molar-refractivity contribution in [2.75, 3.05) is 18.6 Å². The number of hydrogen-bond acceptors (Lipinski definition) is 4. The first kappa shape index (κ1) is 11.9. The molecule has 1 aromatic rings. The van der Waals surface area contributed by atoms with Gasteiger partial charge in [-0.05, 0) is 12.1 Å². The number of amides is 1. The van der Waals surface area contributed by atoms with Gasteiger partial charge in [-0.25, -0.2) is 4.98 Å². The summed E-state index contributed by atoms with van der Waals surface area (Å²) < 4.78 is 4.63. The van der Waals surface area contributed by atoms with Crippen LogP contribution in [-0.2, 0) is 14.3 Å². The number of aromatic nitrogens is 1. The molecular weight excluding hydrogens is 244 g/mol. The molecule has 17 heavy (non-hydrogen) atoms. The van der Waals surface area contributed by atoms with Crippen LogP contribution in [-0.4, -0.2) is 30.5 Å². The molecule has 1 fully saturated rings. The second kappa shape index (κ2) is 4.71. The summed E-state index contributed by atoms with van der Waals surface area (Å²) in [6, 6.07) is 5.02. The maximum Gasteiger partial charge on any atom is 0.311 e. The zero-order chi connectivity index (χ0) is 12.4.